The Morgan fingerprint density at radius 3 is 2.67 bits per heavy atom. The molecule has 1 N–H and O–H groups in total. The van der Waals surface area contributed by atoms with Crippen LogP contribution in [0.3, 0.4) is 0 Å². The first-order valence-electron chi connectivity index (χ1n) is 6.76. The van der Waals surface area contributed by atoms with Gasteiger partial charge in [-0.25, -0.2) is 8.78 Å². The van der Waals surface area contributed by atoms with Crippen LogP contribution in [-0.4, -0.2) is 21.0 Å². The van der Waals surface area contributed by atoms with Gasteiger partial charge in [0.1, 0.15) is 11.6 Å². The van der Waals surface area contributed by atoms with Gasteiger partial charge in [0.25, 0.3) is 0 Å². The van der Waals surface area contributed by atoms with Crippen LogP contribution >= 0.6 is 11.6 Å². The summed E-state index contributed by atoms with van der Waals surface area (Å²) in [5, 5.41) is 14.9. The van der Waals surface area contributed by atoms with E-state index in [1.54, 1.807) is 11.6 Å². The summed E-state index contributed by atoms with van der Waals surface area (Å²) < 4.78 is 28.2. The van der Waals surface area contributed by atoms with Gasteiger partial charge in [0, 0.05) is 25.5 Å². The molecule has 0 bridgehead atoms. The Balaban J connectivity index is 2.13. The Kier molecular flexibility index (Phi) is 4.96. The third kappa shape index (κ3) is 3.60. The number of hydrogen-bond donors (Lipinski definition) is 1. The predicted octanol–water partition coefficient (Wildman–Crippen LogP) is 3.29. The minimum absolute atomic E-state index is 0.0936. The molecule has 1 atom stereocenters. The lowest BCUT2D eigenvalue weighted by Gasteiger charge is -2.13. The Morgan fingerprint density at radius 1 is 1.33 bits per heavy atom. The van der Waals surface area contributed by atoms with E-state index in [4.69, 9.17) is 11.6 Å². The maximum atomic E-state index is 13.6. The van der Waals surface area contributed by atoms with Gasteiger partial charge in [0.2, 0.25) is 0 Å². The van der Waals surface area contributed by atoms with Crippen molar-refractivity contribution >= 4 is 11.6 Å². The average molecular weight is 315 g/mol. The molecule has 0 spiro atoms. The number of nitrogens with zero attached hydrogens (tertiary/aromatic N) is 2. The second-order valence-corrected chi connectivity index (χ2v) is 5.34. The molecule has 2 rings (SSSR count). The van der Waals surface area contributed by atoms with Crippen LogP contribution in [0.4, 0.5) is 8.78 Å². The van der Waals surface area contributed by atoms with Crippen LogP contribution in [0.2, 0.25) is 5.02 Å². The number of aliphatic hydroxyl groups excluding tert-OH is 1. The molecule has 0 amide bonds. The van der Waals surface area contributed by atoms with E-state index in [2.05, 4.69) is 5.10 Å². The standard InChI is InChI=1S/C15H17ClF2N2O/c1-3-20-14(15(16)9(2)19-20)8-12(21)6-10-4-5-11(17)7-13(10)18/h4-5,7,12,21H,3,6,8H2,1-2H3. The van der Waals surface area contributed by atoms with E-state index in [9.17, 15) is 13.9 Å². The number of halogens is 3. The average Bonchev–Trinajstić information content (AvgIpc) is 2.69. The van der Waals surface area contributed by atoms with Gasteiger partial charge in [-0.15, -0.1) is 0 Å². The fourth-order valence-corrected chi connectivity index (χ4v) is 2.51. The van der Waals surface area contributed by atoms with Gasteiger partial charge in [0.15, 0.2) is 0 Å². The highest BCUT2D eigenvalue weighted by molar-refractivity contribution is 6.31. The lowest BCUT2D eigenvalue weighted by atomic mass is 10.0. The number of rotatable bonds is 5. The Hall–Kier alpha value is -1.46. The van der Waals surface area contributed by atoms with Crippen molar-refractivity contribution in [2.24, 2.45) is 0 Å². The lowest BCUT2D eigenvalue weighted by Crippen LogP contribution is -2.18. The number of benzene rings is 1. The van der Waals surface area contributed by atoms with Crippen molar-refractivity contribution in [3.63, 3.8) is 0 Å². The van der Waals surface area contributed by atoms with E-state index >= 15 is 0 Å². The molecule has 1 unspecified atom stereocenters. The van der Waals surface area contributed by atoms with Gasteiger partial charge >= 0.3 is 0 Å². The minimum Gasteiger partial charge on any atom is -0.392 e. The minimum atomic E-state index is -0.816. The van der Waals surface area contributed by atoms with E-state index in [1.807, 2.05) is 6.92 Å². The summed E-state index contributed by atoms with van der Waals surface area (Å²) >= 11 is 6.17. The summed E-state index contributed by atoms with van der Waals surface area (Å²) in [6, 6.07) is 3.34. The van der Waals surface area contributed by atoms with Crippen molar-refractivity contribution in [1.82, 2.24) is 9.78 Å². The second kappa shape index (κ2) is 6.54. The third-order valence-electron chi connectivity index (χ3n) is 3.35. The molecule has 1 aromatic heterocycles. The Labute approximate surface area is 127 Å². The van der Waals surface area contributed by atoms with Crippen LogP contribution in [0.25, 0.3) is 0 Å². The Bertz CT molecular complexity index is 643. The zero-order valence-corrected chi connectivity index (χ0v) is 12.7. The summed E-state index contributed by atoms with van der Waals surface area (Å²) in [6.07, 6.45) is -0.454. The molecule has 114 valence electrons. The van der Waals surface area contributed by atoms with Crippen LogP contribution in [0.5, 0.6) is 0 Å². The van der Waals surface area contributed by atoms with Gasteiger partial charge in [-0.3, -0.25) is 4.68 Å². The molecule has 0 aliphatic rings. The first-order valence-corrected chi connectivity index (χ1v) is 7.14. The maximum absolute atomic E-state index is 13.6. The quantitative estimate of drug-likeness (QED) is 0.919. The summed E-state index contributed by atoms with van der Waals surface area (Å²) in [7, 11) is 0. The molecule has 0 aliphatic carbocycles. The van der Waals surface area contributed by atoms with E-state index in [1.165, 1.54) is 12.1 Å². The number of aryl methyl sites for hydroxylation is 2. The monoisotopic (exact) mass is 314 g/mol. The predicted molar refractivity (Wildman–Crippen MR) is 77.4 cm³/mol. The van der Waals surface area contributed by atoms with Gasteiger partial charge in [-0.05, 0) is 25.5 Å². The maximum Gasteiger partial charge on any atom is 0.129 e. The van der Waals surface area contributed by atoms with Gasteiger partial charge in [-0.1, -0.05) is 17.7 Å². The van der Waals surface area contributed by atoms with Gasteiger partial charge < -0.3 is 5.11 Å². The number of aliphatic hydroxyl groups is 1. The molecule has 1 aromatic carbocycles. The van der Waals surface area contributed by atoms with E-state index in [0.717, 1.165) is 11.8 Å². The fraction of sp³-hybridized carbons (Fsp3) is 0.400. The highest BCUT2D eigenvalue weighted by atomic mass is 35.5. The molecular formula is C15H17ClF2N2O. The topological polar surface area (TPSA) is 38.0 Å². The first-order chi connectivity index (χ1) is 9.92. The molecule has 0 fully saturated rings. The van der Waals surface area contributed by atoms with Crippen molar-refractivity contribution in [3.05, 3.63) is 51.8 Å². The van der Waals surface area contributed by atoms with Gasteiger partial charge in [0.05, 0.1) is 22.5 Å². The highest BCUT2D eigenvalue weighted by Gasteiger charge is 2.18. The van der Waals surface area contributed by atoms with Crippen LogP contribution in [0.1, 0.15) is 23.9 Å². The third-order valence-corrected chi connectivity index (χ3v) is 3.84. The van der Waals surface area contributed by atoms with Crippen molar-refractivity contribution in [2.75, 3.05) is 0 Å². The van der Waals surface area contributed by atoms with Crippen LogP contribution in [-0.2, 0) is 19.4 Å². The SMILES string of the molecule is CCn1nc(C)c(Cl)c1CC(O)Cc1ccc(F)cc1F. The van der Waals surface area contributed by atoms with Crippen molar-refractivity contribution < 1.29 is 13.9 Å². The van der Waals surface area contributed by atoms with E-state index in [-0.39, 0.29) is 18.4 Å². The summed E-state index contributed by atoms with van der Waals surface area (Å²) in [5.74, 6) is -1.28. The zero-order valence-electron chi connectivity index (χ0n) is 11.9. The molecule has 6 heteroatoms. The van der Waals surface area contributed by atoms with Crippen LogP contribution < -0.4 is 0 Å². The van der Waals surface area contributed by atoms with Crippen LogP contribution in [0.15, 0.2) is 18.2 Å². The second-order valence-electron chi connectivity index (χ2n) is 4.96. The molecule has 0 aliphatic heterocycles. The summed E-state index contributed by atoms with van der Waals surface area (Å²) in [4.78, 5) is 0. The largest absolute Gasteiger partial charge is 0.392 e. The zero-order chi connectivity index (χ0) is 15.6. The van der Waals surface area contributed by atoms with Crippen molar-refractivity contribution in [2.45, 2.75) is 39.3 Å². The van der Waals surface area contributed by atoms with E-state index < -0.39 is 17.7 Å². The lowest BCUT2D eigenvalue weighted by molar-refractivity contribution is 0.171. The van der Waals surface area contributed by atoms with Crippen molar-refractivity contribution in [3.8, 4) is 0 Å². The number of hydrogen-bond acceptors (Lipinski definition) is 2. The molecule has 2 aromatic rings. The number of aromatic nitrogens is 2. The van der Waals surface area contributed by atoms with E-state index in [0.29, 0.717) is 17.3 Å². The van der Waals surface area contributed by atoms with Crippen LogP contribution in [0, 0.1) is 18.6 Å². The normalized spacial score (nSPS) is 12.7. The first kappa shape index (κ1) is 15.9. The smallest absolute Gasteiger partial charge is 0.129 e. The molecule has 21 heavy (non-hydrogen) atoms. The Morgan fingerprint density at radius 2 is 2.05 bits per heavy atom. The summed E-state index contributed by atoms with van der Waals surface area (Å²) in [5.41, 5.74) is 1.71. The molecule has 3 nitrogen and oxygen atoms in total. The molecular weight excluding hydrogens is 298 g/mol. The molecule has 0 saturated carbocycles. The van der Waals surface area contributed by atoms with Gasteiger partial charge in [-0.2, -0.15) is 5.10 Å². The van der Waals surface area contributed by atoms with Crippen molar-refractivity contribution in [1.29, 1.82) is 0 Å². The molecule has 0 radical (unpaired) electrons. The molecule has 0 saturated heterocycles. The summed E-state index contributed by atoms with van der Waals surface area (Å²) in [6.45, 7) is 4.36. The fourth-order valence-electron chi connectivity index (χ4n) is 2.30. The molecule has 1 heterocycles. The highest BCUT2D eigenvalue weighted by Crippen LogP contribution is 2.23.